The smallest absolute Gasteiger partial charge is 0.153 e. The maximum Gasteiger partial charge on any atom is 0.153 e. The first-order valence-corrected chi connectivity index (χ1v) is 11.1. The molecule has 0 fully saturated rings. The molecule has 4 rings (SSSR count). The lowest BCUT2D eigenvalue weighted by molar-refractivity contribution is -0.108. The highest BCUT2D eigenvalue weighted by molar-refractivity contribution is 9.10. The molecule has 1 aromatic heterocycles. The number of unbranched alkanes of at least 4 members (excludes halogenated alkanes) is 1. The number of hydrogen-bond acceptors (Lipinski definition) is 5. The van der Waals surface area contributed by atoms with E-state index in [1.54, 1.807) is 23.5 Å². The van der Waals surface area contributed by atoms with Gasteiger partial charge in [-0.2, -0.15) is 0 Å². The van der Waals surface area contributed by atoms with E-state index in [1.807, 2.05) is 54.6 Å². The molecule has 0 amide bonds. The second kappa shape index (κ2) is 9.32. The van der Waals surface area contributed by atoms with Crippen LogP contribution in [0, 0.1) is 0 Å². The van der Waals surface area contributed by atoms with Gasteiger partial charge in [-0.15, -0.1) is 11.3 Å². The number of fused-ring (bicyclic) bond motifs is 1. The highest BCUT2D eigenvalue weighted by atomic mass is 79.9. The zero-order valence-electron chi connectivity index (χ0n) is 16.0. The van der Waals surface area contributed by atoms with Gasteiger partial charge in [0, 0.05) is 21.0 Å². The van der Waals surface area contributed by atoms with Crippen molar-refractivity contribution in [3.63, 3.8) is 0 Å². The van der Waals surface area contributed by atoms with Gasteiger partial charge in [0.25, 0.3) is 0 Å². The Balaban J connectivity index is 1.63. The average molecular weight is 483 g/mol. The number of aldehydes is 1. The van der Waals surface area contributed by atoms with Crippen LogP contribution in [0.1, 0.15) is 12.8 Å². The molecule has 1 N–H and O–H groups in total. The molecular formula is C24H19BrO4S. The third-order valence-electron chi connectivity index (χ3n) is 4.51. The van der Waals surface area contributed by atoms with E-state index in [1.165, 1.54) is 0 Å². The van der Waals surface area contributed by atoms with Crippen LogP contribution in [0.3, 0.4) is 0 Å². The molecule has 0 aliphatic rings. The molecular weight excluding hydrogens is 464 g/mol. The Kier molecular flexibility index (Phi) is 6.35. The summed E-state index contributed by atoms with van der Waals surface area (Å²) in [5.41, 5.74) is 1.05. The minimum absolute atomic E-state index is 0.230. The van der Waals surface area contributed by atoms with E-state index in [-0.39, 0.29) is 5.75 Å². The van der Waals surface area contributed by atoms with E-state index >= 15 is 0 Å². The molecule has 0 spiro atoms. The van der Waals surface area contributed by atoms with Crippen LogP contribution in [0.25, 0.3) is 20.5 Å². The summed E-state index contributed by atoms with van der Waals surface area (Å²) in [5.74, 6) is 2.42. The number of hydrogen-bond donors (Lipinski definition) is 1. The number of benzene rings is 3. The van der Waals surface area contributed by atoms with Gasteiger partial charge in [-0.25, -0.2) is 0 Å². The lowest BCUT2D eigenvalue weighted by Gasteiger charge is -2.10. The van der Waals surface area contributed by atoms with Crippen LogP contribution in [0.5, 0.6) is 23.0 Å². The van der Waals surface area contributed by atoms with Crippen LogP contribution < -0.4 is 9.47 Å². The van der Waals surface area contributed by atoms with Crippen LogP contribution in [0.15, 0.2) is 71.2 Å². The molecule has 4 nitrogen and oxygen atoms in total. The molecule has 3 aromatic carbocycles. The second-order valence-corrected chi connectivity index (χ2v) is 8.65. The predicted octanol–water partition coefficient (Wildman–Crippen LogP) is 7.19. The average Bonchev–Trinajstić information content (AvgIpc) is 3.10. The summed E-state index contributed by atoms with van der Waals surface area (Å²) >= 11 is 5.06. The first-order chi connectivity index (χ1) is 14.6. The summed E-state index contributed by atoms with van der Waals surface area (Å²) in [4.78, 5) is 11.4. The largest absolute Gasteiger partial charge is 0.508 e. The van der Waals surface area contributed by atoms with Gasteiger partial charge in [0.15, 0.2) is 5.75 Å². The first-order valence-electron chi connectivity index (χ1n) is 9.50. The van der Waals surface area contributed by atoms with E-state index in [0.29, 0.717) is 25.2 Å². The molecule has 0 aliphatic carbocycles. The summed E-state index contributed by atoms with van der Waals surface area (Å²) in [6.45, 7) is 0.505. The van der Waals surface area contributed by atoms with Gasteiger partial charge < -0.3 is 19.4 Å². The Morgan fingerprint density at radius 3 is 2.43 bits per heavy atom. The minimum atomic E-state index is 0.230. The predicted molar refractivity (Wildman–Crippen MR) is 124 cm³/mol. The number of carbonyl (C=O) groups excluding carboxylic acids is 1. The molecule has 6 heteroatoms. The number of phenols is 1. The van der Waals surface area contributed by atoms with Gasteiger partial charge in [0.2, 0.25) is 0 Å². The lowest BCUT2D eigenvalue weighted by atomic mass is 10.1. The molecule has 152 valence electrons. The van der Waals surface area contributed by atoms with Crippen LogP contribution in [-0.4, -0.2) is 18.0 Å². The molecule has 0 unspecified atom stereocenters. The van der Waals surface area contributed by atoms with Gasteiger partial charge in [-0.05, 0) is 66.6 Å². The van der Waals surface area contributed by atoms with Crippen molar-refractivity contribution in [1.82, 2.24) is 0 Å². The summed E-state index contributed by atoms with van der Waals surface area (Å²) < 4.78 is 13.9. The van der Waals surface area contributed by atoms with E-state index in [0.717, 1.165) is 42.8 Å². The Bertz CT molecular complexity index is 1150. The molecule has 1 heterocycles. The van der Waals surface area contributed by atoms with Crippen LogP contribution >= 0.6 is 27.3 Å². The Hall–Kier alpha value is -2.83. The van der Waals surface area contributed by atoms with Gasteiger partial charge >= 0.3 is 0 Å². The van der Waals surface area contributed by atoms with Crippen molar-refractivity contribution in [2.75, 3.05) is 6.61 Å². The molecule has 30 heavy (non-hydrogen) atoms. The highest BCUT2D eigenvalue weighted by Gasteiger charge is 2.17. The molecule has 0 bridgehead atoms. The van der Waals surface area contributed by atoms with Crippen molar-refractivity contribution in [3.8, 4) is 33.4 Å². The topological polar surface area (TPSA) is 55.8 Å². The summed E-state index contributed by atoms with van der Waals surface area (Å²) in [6.07, 6.45) is 2.10. The fourth-order valence-corrected chi connectivity index (χ4v) is 4.47. The van der Waals surface area contributed by atoms with Gasteiger partial charge in [0.1, 0.15) is 23.5 Å². The minimum Gasteiger partial charge on any atom is -0.508 e. The fraction of sp³-hybridized carbons (Fsp3) is 0.125. The number of thiophene rings is 1. The van der Waals surface area contributed by atoms with E-state index in [2.05, 4.69) is 15.9 Å². The van der Waals surface area contributed by atoms with Crippen molar-refractivity contribution in [1.29, 1.82) is 0 Å². The molecule has 0 radical (unpaired) electrons. The third kappa shape index (κ3) is 4.66. The zero-order valence-corrected chi connectivity index (χ0v) is 18.4. The summed E-state index contributed by atoms with van der Waals surface area (Å²) in [5, 5.41) is 10.8. The standard InChI is InChI=1S/C24H19BrO4S/c25-17-5-3-16(4-6-17)24-23(21-12-7-18(27)15-22(21)30-24)29-20-10-8-19(9-11-20)28-14-2-1-13-26/h3-13,15,27H,1-2,14H2. The van der Waals surface area contributed by atoms with Crippen LogP contribution in [0.2, 0.25) is 0 Å². The number of aromatic hydroxyl groups is 1. The zero-order chi connectivity index (χ0) is 20.9. The normalized spacial score (nSPS) is 10.8. The Labute approximate surface area is 186 Å². The number of phenolic OH excluding ortho intramolecular Hbond substituents is 1. The maximum absolute atomic E-state index is 10.4. The summed E-state index contributed by atoms with van der Waals surface area (Å²) in [7, 11) is 0. The van der Waals surface area contributed by atoms with E-state index < -0.39 is 0 Å². The molecule has 0 saturated heterocycles. The fourth-order valence-electron chi connectivity index (χ4n) is 3.03. The molecule has 0 aliphatic heterocycles. The van der Waals surface area contributed by atoms with E-state index in [9.17, 15) is 9.90 Å². The SMILES string of the molecule is O=CCCCOc1ccc(Oc2c(-c3ccc(Br)cc3)sc3cc(O)ccc23)cc1. The quantitative estimate of drug-likeness (QED) is 0.213. The van der Waals surface area contributed by atoms with Gasteiger partial charge in [-0.3, -0.25) is 0 Å². The number of halogens is 1. The number of ether oxygens (including phenoxy) is 2. The first kappa shape index (κ1) is 20.4. The number of rotatable bonds is 8. The summed E-state index contributed by atoms with van der Waals surface area (Å²) in [6, 6.07) is 20.8. The highest BCUT2D eigenvalue weighted by Crippen LogP contribution is 2.47. The van der Waals surface area contributed by atoms with Crippen molar-refractivity contribution in [2.24, 2.45) is 0 Å². The molecule has 0 saturated carbocycles. The number of carbonyl (C=O) groups is 1. The van der Waals surface area contributed by atoms with Crippen molar-refractivity contribution in [2.45, 2.75) is 12.8 Å². The van der Waals surface area contributed by atoms with Crippen molar-refractivity contribution in [3.05, 3.63) is 71.2 Å². The van der Waals surface area contributed by atoms with Crippen molar-refractivity contribution < 1.29 is 19.4 Å². The van der Waals surface area contributed by atoms with E-state index in [4.69, 9.17) is 9.47 Å². The molecule has 0 atom stereocenters. The van der Waals surface area contributed by atoms with Crippen LogP contribution in [0.4, 0.5) is 0 Å². The van der Waals surface area contributed by atoms with Crippen LogP contribution in [-0.2, 0) is 4.79 Å². The van der Waals surface area contributed by atoms with Gasteiger partial charge in [-0.1, -0.05) is 28.1 Å². The second-order valence-electron chi connectivity index (χ2n) is 6.68. The van der Waals surface area contributed by atoms with Gasteiger partial charge in [0.05, 0.1) is 11.5 Å². The Morgan fingerprint density at radius 1 is 0.967 bits per heavy atom. The lowest BCUT2D eigenvalue weighted by Crippen LogP contribution is -1.97. The third-order valence-corrected chi connectivity index (χ3v) is 6.22. The molecule has 4 aromatic rings. The maximum atomic E-state index is 10.4. The monoisotopic (exact) mass is 482 g/mol. The Morgan fingerprint density at radius 2 is 1.70 bits per heavy atom. The van der Waals surface area contributed by atoms with Crippen molar-refractivity contribution >= 4 is 43.6 Å².